The fourth-order valence-corrected chi connectivity index (χ4v) is 6.11. The van der Waals surface area contributed by atoms with Crippen molar-refractivity contribution in [3.05, 3.63) is 35.6 Å². The number of rotatable bonds is 3. The van der Waals surface area contributed by atoms with Crippen molar-refractivity contribution < 1.29 is 14.3 Å². The molecule has 5 rings (SSSR count). The van der Waals surface area contributed by atoms with E-state index in [1.165, 1.54) is 12.1 Å². The summed E-state index contributed by atoms with van der Waals surface area (Å²) in [6.45, 7) is 0. The van der Waals surface area contributed by atoms with Crippen LogP contribution in [0.1, 0.15) is 44.1 Å². The van der Waals surface area contributed by atoms with Gasteiger partial charge in [-0.05, 0) is 67.6 Å². The molecule has 3 nitrogen and oxygen atoms in total. The van der Waals surface area contributed by atoms with Crippen LogP contribution in [0.5, 0.6) is 0 Å². The fraction of sp³-hybridized carbons (Fsp3) is 0.579. The van der Waals surface area contributed by atoms with E-state index in [1.807, 2.05) is 0 Å². The van der Waals surface area contributed by atoms with Gasteiger partial charge in [-0.3, -0.25) is 4.79 Å². The molecule has 4 aliphatic rings. The van der Waals surface area contributed by atoms with E-state index in [2.05, 4.69) is 6.07 Å². The highest BCUT2D eigenvalue weighted by Crippen LogP contribution is 2.68. The molecule has 0 aromatic heterocycles. The van der Waals surface area contributed by atoms with Crippen molar-refractivity contribution >= 4 is 5.97 Å². The Morgan fingerprint density at radius 1 is 1.22 bits per heavy atom. The Hall–Kier alpha value is -1.89. The van der Waals surface area contributed by atoms with Crippen LogP contribution in [0.25, 0.3) is 0 Å². The van der Waals surface area contributed by atoms with Gasteiger partial charge < -0.3 is 5.11 Å². The molecule has 4 bridgehead atoms. The van der Waals surface area contributed by atoms with Gasteiger partial charge >= 0.3 is 5.97 Å². The van der Waals surface area contributed by atoms with Gasteiger partial charge in [0.25, 0.3) is 0 Å². The number of hydrogen-bond acceptors (Lipinski definition) is 2. The minimum Gasteiger partial charge on any atom is -0.481 e. The molecule has 23 heavy (non-hydrogen) atoms. The highest BCUT2D eigenvalue weighted by Gasteiger charge is 2.63. The predicted octanol–water partition coefficient (Wildman–Crippen LogP) is 3.89. The van der Waals surface area contributed by atoms with Crippen molar-refractivity contribution in [2.45, 2.75) is 43.9 Å². The number of carboxylic acid groups (broad SMARTS) is 1. The third-order valence-electron chi connectivity index (χ3n) is 6.71. The van der Waals surface area contributed by atoms with Crippen molar-refractivity contribution in [3.8, 4) is 6.07 Å². The minimum atomic E-state index is -0.798. The lowest BCUT2D eigenvalue weighted by Crippen LogP contribution is -2.59. The zero-order valence-corrected chi connectivity index (χ0v) is 13.0. The Morgan fingerprint density at radius 3 is 2.35 bits per heavy atom. The second kappa shape index (κ2) is 4.80. The number of benzene rings is 1. The molecule has 1 aromatic rings. The maximum Gasteiger partial charge on any atom is 0.304 e. The van der Waals surface area contributed by atoms with Crippen LogP contribution in [0.3, 0.4) is 0 Å². The maximum atomic E-state index is 13.4. The number of nitrogens with zero attached hydrogens (tertiary/aromatic N) is 1. The van der Waals surface area contributed by atoms with E-state index in [9.17, 15) is 19.6 Å². The Balaban J connectivity index is 1.83. The first kappa shape index (κ1) is 14.7. The Morgan fingerprint density at radius 2 is 1.83 bits per heavy atom. The molecule has 0 radical (unpaired) electrons. The molecule has 1 aromatic carbocycles. The third kappa shape index (κ3) is 2.02. The Kier molecular flexibility index (Phi) is 3.07. The van der Waals surface area contributed by atoms with Crippen LogP contribution in [0.2, 0.25) is 0 Å². The summed E-state index contributed by atoms with van der Waals surface area (Å²) in [6.07, 6.45) is 4.66. The van der Waals surface area contributed by atoms with Crippen LogP contribution in [-0.4, -0.2) is 11.1 Å². The monoisotopic (exact) mass is 313 g/mol. The van der Waals surface area contributed by atoms with Crippen LogP contribution in [0, 0.1) is 40.3 Å². The van der Waals surface area contributed by atoms with E-state index in [0.29, 0.717) is 5.92 Å². The van der Waals surface area contributed by atoms with Gasteiger partial charge in [0, 0.05) is 5.41 Å². The normalized spacial score (nSPS) is 40.8. The van der Waals surface area contributed by atoms with Gasteiger partial charge in [-0.1, -0.05) is 12.1 Å². The Labute approximate surface area is 135 Å². The van der Waals surface area contributed by atoms with Gasteiger partial charge in [0.2, 0.25) is 0 Å². The molecule has 4 aliphatic carbocycles. The highest BCUT2D eigenvalue weighted by molar-refractivity contribution is 5.69. The molecular formula is C19H20FNO2. The molecule has 0 heterocycles. The van der Waals surface area contributed by atoms with E-state index in [4.69, 9.17) is 0 Å². The lowest BCUT2D eigenvalue weighted by Gasteiger charge is -2.63. The van der Waals surface area contributed by atoms with Gasteiger partial charge in [-0.15, -0.1) is 0 Å². The van der Waals surface area contributed by atoms with Crippen molar-refractivity contribution in [1.82, 2.24) is 0 Å². The summed E-state index contributed by atoms with van der Waals surface area (Å²) < 4.78 is 13.4. The average Bonchev–Trinajstić information content (AvgIpc) is 2.51. The molecule has 4 fully saturated rings. The van der Waals surface area contributed by atoms with Gasteiger partial charge in [0.1, 0.15) is 5.82 Å². The standard InChI is InChI=1S/C19H20FNO2/c20-16-3-1-13(2-4-16)19(10-17(22)23)14-5-12-6-15(19)9-18(7-12,8-14)11-21/h1-4,12,14-15H,5-10H2,(H,22,23)/t12?,14?,15?,18-,19+. The summed E-state index contributed by atoms with van der Waals surface area (Å²) in [5, 5.41) is 19.2. The first-order chi connectivity index (χ1) is 11.0. The molecule has 2 atom stereocenters. The predicted molar refractivity (Wildman–Crippen MR) is 81.9 cm³/mol. The van der Waals surface area contributed by atoms with Crippen LogP contribution in [-0.2, 0) is 10.2 Å². The maximum absolute atomic E-state index is 13.4. The Bertz CT molecular complexity index is 674. The molecular weight excluding hydrogens is 293 g/mol. The number of hydrogen-bond donors (Lipinski definition) is 1. The SMILES string of the molecule is N#C[C@]12CC3CC(C1)[C@](CC(=O)O)(c1ccc(F)cc1)C(C3)C2. The molecule has 0 saturated heterocycles. The summed E-state index contributed by atoms with van der Waals surface area (Å²) in [5.74, 6) is -0.108. The van der Waals surface area contributed by atoms with Crippen LogP contribution >= 0.6 is 0 Å². The molecule has 4 heteroatoms. The largest absolute Gasteiger partial charge is 0.481 e. The van der Waals surface area contributed by atoms with E-state index in [1.54, 1.807) is 12.1 Å². The first-order valence-corrected chi connectivity index (χ1v) is 8.36. The molecule has 1 N–H and O–H groups in total. The molecule has 4 saturated carbocycles. The molecule has 0 amide bonds. The van der Waals surface area contributed by atoms with Crippen molar-refractivity contribution in [1.29, 1.82) is 5.26 Å². The molecule has 120 valence electrons. The molecule has 0 aliphatic heterocycles. The summed E-state index contributed by atoms with van der Waals surface area (Å²) in [7, 11) is 0. The lowest BCUT2D eigenvalue weighted by molar-refractivity contribution is -0.147. The summed E-state index contributed by atoms with van der Waals surface area (Å²) >= 11 is 0. The van der Waals surface area contributed by atoms with Crippen LogP contribution in [0.15, 0.2) is 24.3 Å². The lowest BCUT2D eigenvalue weighted by atomic mass is 9.39. The second-order valence-electron chi connectivity index (χ2n) is 7.85. The summed E-state index contributed by atoms with van der Waals surface area (Å²) in [6, 6.07) is 8.95. The second-order valence-corrected chi connectivity index (χ2v) is 7.85. The van der Waals surface area contributed by atoms with Crippen molar-refractivity contribution in [3.63, 3.8) is 0 Å². The number of carbonyl (C=O) groups is 1. The van der Waals surface area contributed by atoms with Gasteiger partial charge in [-0.2, -0.15) is 5.26 Å². The van der Waals surface area contributed by atoms with Gasteiger partial charge in [-0.25, -0.2) is 4.39 Å². The number of nitriles is 1. The van der Waals surface area contributed by atoms with Gasteiger partial charge in [0.05, 0.1) is 17.9 Å². The number of aliphatic carboxylic acids is 1. The van der Waals surface area contributed by atoms with Gasteiger partial charge in [0.15, 0.2) is 0 Å². The van der Waals surface area contributed by atoms with Crippen LogP contribution in [0.4, 0.5) is 4.39 Å². The third-order valence-corrected chi connectivity index (χ3v) is 6.71. The van der Waals surface area contributed by atoms with E-state index >= 15 is 0 Å². The van der Waals surface area contributed by atoms with Crippen LogP contribution < -0.4 is 0 Å². The minimum absolute atomic E-state index is 0.0855. The highest BCUT2D eigenvalue weighted by atomic mass is 19.1. The summed E-state index contributed by atoms with van der Waals surface area (Å²) in [4.78, 5) is 11.6. The smallest absolute Gasteiger partial charge is 0.304 e. The van der Waals surface area contributed by atoms with E-state index in [0.717, 1.165) is 37.7 Å². The fourth-order valence-electron chi connectivity index (χ4n) is 6.11. The zero-order chi connectivity index (χ0) is 16.2. The van der Waals surface area contributed by atoms with Crippen molar-refractivity contribution in [2.24, 2.45) is 23.2 Å². The molecule has 0 spiro atoms. The van der Waals surface area contributed by atoms with E-state index < -0.39 is 11.4 Å². The average molecular weight is 313 g/mol. The summed E-state index contributed by atoms with van der Waals surface area (Å²) in [5.41, 5.74) is 0.262. The quantitative estimate of drug-likeness (QED) is 0.921. The van der Waals surface area contributed by atoms with E-state index in [-0.39, 0.29) is 29.5 Å². The topological polar surface area (TPSA) is 61.1 Å². The first-order valence-electron chi connectivity index (χ1n) is 8.36. The van der Waals surface area contributed by atoms with Crippen molar-refractivity contribution in [2.75, 3.05) is 0 Å². The zero-order valence-electron chi connectivity index (χ0n) is 13.0. The number of halogens is 1. The number of carboxylic acids is 1. The molecule has 2 unspecified atom stereocenters.